The number of halogens is 1. The van der Waals surface area contributed by atoms with Crippen LogP contribution in [0.5, 0.6) is 0 Å². The molecule has 1 aromatic carbocycles. The number of rotatable bonds is 5. The van der Waals surface area contributed by atoms with Gasteiger partial charge in [0.05, 0.1) is 16.8 Å². The number of hydrogen-bond donors (Lipinski definition) is 1. The van der Waals surface area contributed by atoms with Crippen LogP contribution in [0.3, 0.4) is 0 Å². The molecule has 1 aromatic rings. The third-order valence-corrected chi connectivity index (χ3v) is 4.51. The maximum Gasteiger partial charge on any atom is 0.178 e. The van der Waals surface area contributed by atoms with E-state index in [9.17, 15) is 13.5 Å². The minimum atomic E-state index is -3.25. The maximum atomic E-state index is 11.7. The quantitative estimate of drug-likeness (QED) is 0.839. The number of aliphatic hydroxyl groups is 1. The lowest BCUT2D eigenvalue weighted by Gasteiger charge is -2.07. The first-order valence-corrected chi connectivity index (χ1v) is 7.35. The Kier molecular flexibility index (Phi) is 4.76. The fourth-order valence-electron chi connectivity index (χ4n) is 1.11. The first kappa shape index (κ1) is 12.7. The highest BCUT2D eigenvalue weighted by Crippen LogP contribution is 2.12. The first-order chi connectivity index (χ1) is 7.06. The van der Waals surface area contributed by atoms with Crippen molar-refractivity contribution in [2.24, 2.45) is 0 Å². The predicted molar refractivity (Wildman–Crippen MR) is 62.9 cm³/mol. The highest BCUT2D eigenvalue weighted by molar-refractivity contribution is 9.09. The van der Waals surface area contributed by atoms with Crippen LogP contribution in [0.4, 0.5) is 0 Å². The summed E-state index contributed by atoms with van der Waals surface area (Å²) in [5, 5.41) is 9.66. The van der Waals surface area contributed by atoms with Gasteiger partial charge in [-0.2, -0.15) is 0 Å². The van der Waals surface area contributed by atoms with Gasteiger partial charge in [-0.05, 0) is 18.6 Å². The van der Waals surface area contributed by atoms with Crippen LogP contribution in [0, 0.1) is 0 Å². The van der Waals surface area contributed by atoms with Crippen LogP contribution in [0.1, 0.15) is 6.42 Å². The number of sulfone groups is 1. The molecule has 0 saturated carbocycles. The van der Waals surface area contributed by atoms with Crippen molar-refractivity contribution in [3.05, 3.63) is 30.3 Å². The molecule has 0 heterocycles. The molecule has 0 bridgehead atoms. The molecule has 3 nitrogen and oxygen atoms in total. The molecule has 1 unspecified atom stereocenters. The van der Waals surface area contributed by atoms with Crippen LogP contribution in [-0.2, 0) is 9.84 Å². The molecule has 1 atom stereocenters. The van der Waals surface area contributed by atoms with Gasteiger partial charge in [0.25, 0.3) is 0 Å². The normalized spacial score (nSPS) is 13.7. The summed E-state index contributed by atoms with van der Waals surface area (Å²) in [6.45, 7) is 0. The van der Waals surface area contributed by atoms with E-state index >= 15 is 0 Å². The summed E-state index contributed by atoms with van der Waals surface area (Å²) in [5.41, 5.74) is 0. The van der Waals surface area contributed by atoms with Crippen molar-refractivity contribution >= 4 is 25.8 Å². The zero-order valence-corrected chi connectivity index (χ0v) is 10.5. The van der Waals surface area contributed by atoms with Gasteiger partial charge < -0.3 is 5.11 Å². The van der Waals surface area contributed by atoms with E-state index in [0.717, 1.165) is 0 Å². The Morgan fingerprint density at radius 3 is 2.40 bits per heavy atom. The molecule has 0 aliphatic heterocycles. The standard InChI is InChI=1S/C10H13BrO3S/c11-8-9(12)6-7-15(13,14)10-4-2-1-3-5-10/h1-5,9,12H,6-8H2. The van der Waals surface area contributed by atoms with Crippen LogP contribution >= 0.6 is 15.9 Å². The molecule has 5 heteroatoms. The van der Waals surface area contributed by atoms with E-state index in [1.54, 1.807) is 30.3 Å². The van der Waals surface area contributed by atoms with Gasteiger partial charge in [0.2, 0.25) is 0 Å². The van der Waals surface area contributed by atoms with Crippen molar-refractivity contribution in [1.82, 2.24) is 0 Å². The first-order valence-electron chi connectivity index (χ1n) is 4.58. The minimum Gasteiger partial charge on any atom is -0.392 e. The molecule has 1 rings (SSSR count). The second-order valence-electron chi connectivity index (χ2n) is 3.23. The van der Waals surface area contributed by atoms with Crippen molar-refractivity contribution < 1.29 is 13.5 Å². The molecule has 0 amide bonds. The van der Waals surface area contributed by atoms with E-state index in [-0.39, 0.29) is 12.2 Å². The summed E-state index contributed by atoms with van der Waals surface area (Å²) in [5.74, 6) is -0.0240. The summed E-state index contributed by atoms with van der Waals surface area (Å²) in [4.78, 5) is 0.312. The van der Waals surface area contributed by atoms with Crippen molar-refractivity contribution in [1.29, 1.82) is 0 Å². The molecule has 84 valence electrons. The van der Waals surface area contributed by atoms with E-state index in [1.807, 2.05) is 0 Å². The molecule has 0 aliphatic carbocycles. The minimum absolute atomic E-state index is 0.0240. The van der Waals surface area contributed by atoms with Gasteiger partial charge in [-0.3, -0.25) is 0 Å². The lowest BCUT2D eigenvalue weighted by Crippen LogP contribution is -2.16. The smallest absolute Gasteiger partial charge is 0.178 e. The third-order valence-electron chi connectivity index (χ3n) is 2.00. The summed E-state index contributed by atoms with van der Waals surface area (Å²) in [6.07, 6.45) is -0.355. The molecule has 0 aliphatic rings. The highest BCUT2D eigenvalue weighted by Gasteiger charge is 2.15. The third kappa shape index (κ3) is 3.93. The monoisotopic (exact) mass is 292 g/mol. The molecule has 0 fully saturated rings. The molecule has 15 heavy (non-hydrogen) atoms. The van der Waals surface area contributed by atoms with Crippen molar-refractivity contribution in [2.75, 3.05) is 11.1 Å². The second kappa shape index (κ2) is 5.63. The summed E-state index contributed by atoms with van der Waals surface area (Å²) in [7, 11) is -3.25. The van der Waals surface area contributed by atoms with Gasteiger partial charge in [-0.1, -0.05) is 34.1 Å². The molecular formula is C10H13BrO3S. The van der Waals surface area contributed by atoms with E-state index in [4.69, 9.17) is 0 Å². The van der Waals surface area contributed by atoms with Gasteiger partial charge in [0, 0.05) is 5.33 Å². The van der Waals surface area contributed by atoms with Crippen molar-refractivity contribution in [3.8, 4) is 0 Å². The fourth-order valence-corrected chi connectivity index (χ4v) is 2.83. The molecule has 0 spiro atoms. The summed E-state index contributed by atoms with van der Waals surface area (Å²) in [6, 6.07) is 8.28. The number of alkyl halides is 1. The molecule has 1 N–H and O–H groups in total. The van der Waals surface area contributed by atoms with Crippen LogP contribution in [0.15, 0.2) is 35.2 Å². The lowest BCUT2D eigenvalue weighted by atomic mass is 10.3. The topological polar surface area (TPSA) is 54.4 Å². The molecule has 0 aromatic heterocycles. The van der Waals surface area contributed by atoms with Crippen LogP contribution in [0.25, 0.3) is 0 Å². The van der Waals surface area contributed by atoms with Gasteiger partial charge in [-0.25, -0.2) is 8.42 Å². The number of aliphatic hydroxyl groups excluding tert-OH is 1. The average Bonchev–Trinajstić information content (AvgIpc) is 2.27. The Bertz CT molecular complexity index is 388. The largest absolute Gasteiger partial charge is 0.392 e. The van der Waals surface area contributed by atoms with Gasteiger partial charge in [-0.15, -0.1) is 0 Å². The molecule has 0 saturated heterocycles. The van der Waals surface area contributed by atoms with Gasteiger partial charge in [0.15, 0.2) is 9.84 Å². The van der Waals surface area contributed by atoms with Crippen LogP contribution in [0.2, 0.25) is 0 Å². The van der Waals surface area contributed by atoms with E-state index in [0.29, 0.717) is 10.2 Å². The number of benzene rings is 1. The van der Waals surface area contributed by atoms with Crippen LogP contribution < -0.4 is 0 Å². The Morgan fingerprint density at radius 1 is 1.27 bits per heavy atom. The van der Waals surface area contributed by atoms with E-state index in [2.05, 4.69) is 15.9 Å². The Balaban J connectivity index is 2.69. The summed E-state index contributed by atoms with van der Waals surface area (Å²) >= 11 is 3.09. The Labute approximate surface area is 98.2 Å². The predicted octanol–water partition coefficient (Wildman–Crippen LogP) is 1.61. The van der Waals surface area contributed by atoms with Crippen molar-refractivity contribution in [2.45, 2.75) is 17.4 Å². The Hall–Kier alpha value is -0.390. The maximum absolute atomic E-state index is 11.7. The van der Waals surface area contributed by atoms with Crippen molar-refractivity contribution in [3.63, 3.8) is 0 Å². The molecular weight excluding hydrogens is 280 g/mol. The second-order valence-corrected chi connectivity index (χ2v) is 5.99. The van der Waals surface area contributed by atoms with E-state index in [1.165, 1.54) is 0 Å². The fraction of sp³-hybridized carbons (Fsp3) is 0.400. The number of hydrogen-bond acceptors (Lipinski definition) is 3. The van der Waals surface area contributed by atoms with Gasteiger partial charge >= 0.3 is 0 Å². The summed E-state index contributed by atoms with van der Waals surface area (Å²) < 4.78 is 23.5. The molecule has 0 radical (unpaired) electrons. The van der Waals surface area contributed by atoms with Crippen LogP contribution in [-0.4, -0.2) is 30.7 Å². The van der Waals surface area contributed by atoms with E-state index < -0.39 is 15.9 Å². The van der Waals surface area contributed by atoms with Gasteiger partial charge in [0.1, 0.15) is 0 Å². The lowest BCUT2D eigenvalue weighted by molar-refractivity contribution is 0.197. The Morgan fingerprint density at radius 2 is 1.87 bits per heavy atom. The highest BCUT2D eigenvalue weighted by atomic mass is 79.9. The average molecular weight is 293 g/mol. The SMILES string of the molecule is O=S(=O)(CCC(O)CBr)c1ccccc1. The zero-order chi connectivity index (χ0) is 11.3. The zero-order valence-electron chi connectivity index (χ0n) is 8.14.